The highest BCUT2D eigenvalue weighted by molar-refractivity contribution is 9.10. The molecule has 0 unspecified atom stereocenters. The van der Waals surface area contributed by atoms with Gasteiger partial charge in [-0.1, -0.05) is 26.7 Å². The number of rotatable bonds is 6. The fourth-order valence-corrected chi connectivity index (χ4v) is 1.97. The predicted molar refractivity (Wildman–Crippen MR) is 73.5 cm³/mol. The molecule has 0 saturated carbocycles. The first-order chi connectivity index (χ1) is 7.59. The lowest BCUT2D eigenvalue weighted by Gasteiger charge is -2.08. The highest BCUT2D eigenvalue weighted by Crippen LogP contribution is 2.21. The molecule has 0 spiro atoms. The molecular formula is C12H20BrN3. The number of nitrogens with two attached hydrogens (primary N) is 1. The van der Waals surface area contributed by atoms with E-state index in [0.717, 1.165) is 22.8 Å². The summed E-state index contributed by atoms with van der Waals surface area (Å²) in [4.78, 5) is 4.23. The van der Waals surface area contributed by atoms with Gasteiger partial charge >= 0.3 is 0 Å². The van der Waals surface area contributed by atoms with E-state index in [1.165, 1.54) is 19.3 Å². The summed E-state index contributed by atoms with van der Waals surface area (Å²) in [7, 11) is 0. The lowest BCUT2D eigenvalue weighted by atomic mass is 10.1. The maximum atomic E-state index is 5.62. The van der Waals surface area contributed by atoms with Crippen LogP contribution in [0.3, 0.4) is 0 Å². The third-order valence-electron chi connectivity index (χ3n) is 2.36. The minimum Gasteiger partial charge on any atom is -0.397 e. The molecule has 0 atom stereocenters. The van der Waals surface area contributed by atoms with Crippen molar-refractivity contribution in [2.24, 2.45) is 5.92 Å². The molecule has 0 aliphatic rings. The maximum Gasteiger partial charge on any atom is 0.140 e. The molecule has 0 bridgehead atoms. The molecule has 0 aromatic carbocycles. The standard InChI is InChI=1S/C12H20BrN3/c1-9(2)5-3-4-6-15-12-11(13)7-10(14)8-16-12/h7-9H,3-6,14H2,1-2H3,(H,15,16). The summed E-state index contributed by atoms with van der Waals surface area (Å²) in [6, 6.07) is 1.86. The molecular weight excluding hydrogens is 266 g/mol. The predicted octanol–water partition coefficient (Wildman–Crippen LogP) is 3.66. The molecule has 1 aromatic heterocycles. The third-order valence-corrected chi connectivity index (χ3v) is 2.97. The quantitative estimate of drug-likeness (QED) is 0.785. The molecule has 0 radical (unpaired) electrons. The van der Waals surface area contributed by atoms with Crippen molar-refractivity contribution in [3.05, 3.63) is 16.7 Å². The van der Waals surface area contributed by atoms with E-state index in [1.807, 2.05) is 6.07 Å². The number of nitrogens with zero attached hydrogens (tertiary/aromatic N) is 1. The molecule has 3 N–H and O–H groups in total. The Labute approximate surface area is 106 Å². The van der Waals surface area contributed by atoms with Gasteiger partial charge in [0.25, 0.3) is 0 Å². The minimum atomic E-state index is 0.678. The van der Waals surface area contributed by atoms with Gasteiger partial charge in [-0.3, -0.25) is 0 Å². The third kappa shape index (κ3) is 4.84. The van der Waals surface area contributed by atoms with Gasteiger partial charge in [-0.15, -0.1) is 0 Å². The van der Waals surface area contributed by atoms with Gasteiger partial charge in [-0.05, 0) is 34.3 Å². The highest BCUT2D eigenvalue weighted by Gasteiger charge is 2.01. The van der Waals surface area contributed by atoms with Crippen molar-refractivity contribution in [1.82, 2.24) is 4.98 Å². The first-order valence-corrected chi connectivity index (χ1v) is 6.53. The Morgan fingerprint density at radius 2 is 2.19 bits per heavy atom. The van der Waals surface area contributed by atoms with Crippen LogP contribution in [0.1, 0.15) is 33.1 Å². The number of pyridine rings is 1. The van der Waals surface area contributed by atoms with Crippen LogP contribution in [-0.2, 0) is 0 Å². The Bertz CT molecular complexity index is 326. The van der Waals surface area contributed by atoms with E-state index < -0.39 is 0 Å². The van der Waals surface area contributed by atoms with E-state index in [9.17, 15) is 0 Å². The molecule has 3 nitrogen and oxygen atoms in total. The number of nitrogen functional groups attached to an aromatic ring is 1. The Balaban J connectivity index is 2.27. The van der Waals surface area contributed by atoms with Gasteiger partial charge in [-0.2, -0.15) is 0 Å². The van der Waals surface area contributed by atoms with Gasteiger partial charge in [-0.25, -0.2) is 4.98 Å². The average molecular weight is 286 g/mol. The normalized spacial score (nSPS) is 10.8. The largest absolute Gasteiger partial charge is 0.397 e. The first-order valence-electron chi connectivity index (χ1n) is 5.74. The smallest absolute Gasteiger partial charge is 0.140 e. The zero-order valence-corrected chi connectivity index (χ0v) is 11.5. The van der Waals surface area contributed by atoms with E-state index in [2.05, 4.69) is 40.1 Å². The van der Waals surface area contributed by atoms with Crippen molar-refractivity contribution < 1.29 is 0 Å². The van der Waals surface area contributed by atoms with Gasteiger partial charge in [0.15, 0.2) is 0 Å². The average Bonchev–Trinajstić information content (AvgIpc) is 2.20. The van der Waals surface area contributed by atoms with Crippen LogP contribution in [0.4, 0.5) is 11.5 Å². The Morgan fingerprint density at radius 3 is 2.81 bits per heavy atom. The summed E-state index contributed by atoms with van der Waals surface area (Å²) in [6.07, 6.45) is 5.40. The SMILES string of the molecule is CC(C)CCCCNc1ncc(N)cc1Br. The second-order valence-electron chi connectivity index (χ2n) is 4.42. The van der Waals surface area contributed by atoms with E-state index in [-0.39, 0.29) is 0 Å². The molecule has 0 amide bonds. The van der Waals surface area contributed by atoms with Crippen LogP contribution in [0, 0.1) is 5.92 Å². The van der Waals surface area contributed by atoms with E-state index in [4.69, 9.17) is 5.73 Å². The number of unbranched alkanes of at least 4 members (excludes halogenated alkanes) is 1. The van der Waals surface area contributed by atoms with Crippen LogP contribution in [0.2, 0.25) is 0 Å². The van der Waals surface area contributed by atoms with Crippen molar-refractivity contribution in [2.75, 3.05) is 17.6 Å². The Hall–Kier alpha value is -0.770. The summed E-state index contributed by atoms with van der Waals surface area (Å²) in [6.45, 7) is 5.47. The van der Waals surface area contributed by atoms with Crippen LogP contribution in [-0.4, -0.2) is 11.5 Å². The van der Waals surface area contributed by atoms with Crippen molar-refractivity contribution >= 4 is 27.4 Å². The fourth-order valence-electron chi connectivity index (χ4n) is 1.47. The number of anilines is 2. The van der Waals surface area contributed by atoms with Gasteiger partial charge < -0.3 is 11.1 Å². The summed E-state index contributed by atoms with van der Waals surface area (Å²) in [5, 5.41) is 3.30. The second-order valence-corrected chi connectivity index (χ2v) is 5.27. The summed E-state index contributed by atoms with van der Waals surface area (Å²) in [5.74, 6) is 1.67. The molecule has 4 heteroatoms. The molecule has 1 rings (SSSR count). The van der Waals surface area contributed by atoms with Crippen molar-refractivity contribution in [3.8, 4) is 0 Å². The monoisotopic (exact) mass is 285 g/mol. The Morgan fingerprint density at radius 1 is 1.44 bits per heavy atom. The summed E-state index contributed by atoms with van der Waals surface area (Å²) in [5.41, 5.74) is 6.29. The molecule has 0 aliphatic carbocycles. The molecule has 0 fully saturated rings. The zero-order chi connectivity index (χ0) is 12.0. The summed E-state index contributed by atoms with van der Waals surface area (Å²) < 4.78 is 0.927. The zero-order valence-electron chi connectivity index (χ0n) is 9.96. The molecule has 0 aliphatic heterocycles. The van der Waals surface area contributed by atoms with Gasteiger partial charge in [0.2, 0.25) is 0 Å². The first kappa shape index (κ1) is 13.3. The molecule has 0 saturated heterocycles. The van der Waals surface area contributed by atoms with E-state index in [0.29, 0.717) is 5.69 Å². The topological polar surface area (TPSA) is 50.9 Å². The number of hydrogen-bond donors (Lipinski definition) is 2. The van der Waals surface area contributed by atoms with E-state index >= 15 is 0 Å². The van der Waals surface area contributed by atoms with E-state index in [1.54, 1.807) is 6.20 Å². The van der Waals surface area contributed by atoms with Gasteiger partial charge in [0, 0.05) is 6.54 Å². The minimum absolute atomic E-state index is 0.678. The molecule has 1 heterocycles. The molecule has 90 valence electrons. The molecule has 16 heavy (non-hydrogen) atoms. The van der Waals surface area contributed by atoms with Crippen LogP contribution < -0.4 is 11.1 Å². The van der Waals surface area contributed by atoms with Crippen LogP contribution in [0.15, 0.2) is 16.7 Å². The van der Waals surface area contributed by atoms with Gasteiger partial charge in [0.05, 0.1) is 16.4 Å². The van der Waals surface area contributed by atoms with Crippen molar-refractivity contribution in [2.45, 2.75) is 33.1 Å². The highest BCUT2D eigenvalue weighted by atomic mass is 79.9. The van der Waals surface area contributed by atoms with Gasteiger partial charge in [0.1, 0.15) is 5.82 Å². The molecule has 1 aromatic rings. The maximum absolute atomic E-state index is 5.62. The number of nitrogens with one attached hydrogen (secondary N) is 1. The number of aromatic nitrogens is 1. The summed E-state index contributed by atoms with van der Waals surface area (Å²) >= 11 is 3.43. The Kier molecular flexibility index (Phi) is 5.60. The number of halogens is 1. The lowest BCUT2D eigenvalue weighted by molar-refractivity contribution is 0.544. The van der Waals surface area contributed by atoms with Crippen molar-refractivity contribution in [3.63, 3.8) is 0 Å². The number of hydrogen-bond acceptors (Lipinski definition) is 3. The second kappa shape index (κ2) is 6.74. The van der Waals surface area contributed by atoms with Crippen LogP contribution >= 0.6 is 15.9 Å². The van der Waals surface area contributed by atoms with Crippen molar-refractivity contribution in [1.29, 1.82) is 0 Å². The fraction of sp³-hybridized carbons (Fsp3) is 0.583. The van der Waals surface area contributed by atoms with Crippen LogP contribution in [0.25, 0.3) is 0 Å². The van der Waals surface area contributed by atoms with Crippen LogP contribution in [0.5, 0.6) is 0 Å². The lowest BCUT2D eigenvalue weighted by Crippen LogP contribution is -2.05.